The number of allylic oxidation sites excluding steroid dienone is 2. The van der Waals surface area contributed by atoms with E-state index in [1.165, 1.54) is 23.9 Å². The summed E-state index contributed by atoms with van der Waals surface area (Å²) in [6.07, 6.45) is 10.0. The van der Waals surface area contributed by atoms with E-state index in [0.29, 0.717) is 30.8 Å². The molecule has 0 fully saturated rings. The van der Waals surface area contributed by atoms with Crippen molar-refractivity contribution in [2.75, 3.05) is 31.7 Å². The van der Waals surface area contributed by atoms with E-state index in [-0.39, 0.29) is 0 Å². The number of hydrogen-bond donors (Lipinski definition) is 0. The van der Waals surface area contributed by atoms with Crippen molar-refractivity contribution in [3.63, 3.8) is 0 Å². The molecule has 0 radical (unpaired) electrons. The molecule has 0 bridgehead atoms. The monoisotopic (exact) mass is 615 g/mol. The molecule has 3 aliphatic heterocycles. The molecular weight excluding hydrogens is 585 g/mol. The maximum atomic E-state index is 13.8. The first-order valence-corrected chi connectivity index (χ1v) is 16.3. The maximum absolute atomic E-state index is 13.8. The van der Waals surface area contributed by atoms with Crippen LogP contribution in [0, 0.1) is 0 Å². The van der Waals surface area contributed by atoms with Crippen LogP contribution in [0.25, 0.3) is 11.8 Å². The van der Waals surface area contributed by atoms with Crippen LogP contribution in [-0.4, -0.2) is 58.3 Å². The van der Waals surface area contributed by atoms with Crippen LogP contribution in [0.4, 0.5) is 9.57 Å². The molecule has 2 aromatic carbocycles. The van der Waals surface area contributed by atoms with Gasteiger partial charge in [0.2, 0.25) is 0 Å². The summed E-state index contributed by atoms with van der Waals surface area (Å²) in [4.78, 5) is 2.49. The van der Waals surface area contributed by atoms with Gasteiger partial charge < -0.3 is 0 Å². The second-order valence-electron chi connectivity index (χ2n) is 8.65. The first-order chi connectivity index (χ1) is 16.9. The van der Waals surface area contributed by atoms with Gasteiger partial charge in [-0.3, -0.25) is 0 Å². The zero-order chi connectivity index (χ0) is 24.6. The summed E-state index contributed by atoms with van der Waals surface area (Å²) >= 11 is -3.33. The minimum atomic E-state index is -5.15. The SMILES string of the molecule is CCOC1=CC(/C=C/c2cc3c4c(c2)CCCN4CCC3)=[Te](OS(=O)(=O)F)c2cc(OC)ccc21. The molecule has 0 atom stereocenters. The number of benzene rings is 2. The molecule has 186 valence electrons. The van der Waals surface area contributed by atoms with Gasteiger partial charge in [0.25, 0.3) is 0 Å². The Hall–Kier alpha value is -2.18. The van der Waals surface area contributed by atoms with Crippen molar-refractivity contribution in [3.8, 4) is 5.75 Å². The van der Waals surface area contributed by atoms with Crippen molar-refractivity contribution in [3.05, 3.63) is 64.7 Å². The average molecular weight is 613 g/mol. The Labute approximate surface area is 213 Å². The standard InChI is InChI=1S/C26H28FNO5STe/c1-3-32-24-17-22(35(33-34(27,29)30)25-16-21(31-2)9-11-23(24)25)10-8-18-14-19-6-4-12-28-13-5-7-20(15-18)26(19)28/h8-11,14-17H,3-7,12-13H2,1-2H3/b10-8+. The summed E-state index contributed by atoms with van der Waals surface area (Å²) in [7, 11) is -3.62. The van der Waals surface area contributed by atoms with Crippen molar-refractivity contribution in [1.29, 1.82) is 0 Å². The van der Waals surface area contributed by atoms with Crippen LogP contribution in [0.2, 0.25) is 0 Å². The van der Waals surface area contributed by atoms with Crippen LogP contribution in [0.3, 0.4) is 0 Å². The van der Waals surface area contributed by atoms with Crippen LogP contribution >= 0.6 is 0 Å². The van der Waals surface area contributed by atoms with E-state index < -0.39 is 30.0 Å². The molecular formula is C26H28FNO5STe. The number of rotatable bonds is 7. The molecule has 3 heterocycles. The molecule has 2 aromatic rings. The Kier molecular flexibility index (Phi) is 7.04. The quantitative estimate of drug-likeness (QED) is 0.351. The number of aryl methyl sites for hydroxylation is 2. The van der Waals surface area contributed by atoms with Gasteiger partial charge >= 0.3 is 214 Å². The molecule has 5 rings (SSSR count). The Balaban J connectivity index is 1.61. The van der Waals surface area contributed by atoms with Gasteiger partial charge in [0, 0.05) is 0 Å². The van der Waals surface area contributed by atoms with Crippen molar-refractivity contribution < 1.29 is 24.3 Å². The molecule has 0 spiro atoms. The number of methoxy groups -OCH3 is 1. The van der Waals surface area contributed by atoms with Crippen molar-refractivity contribution in [2.24, 2.45) is 0 Å². The second-order valence-corrected chi connectivity index (χ2v) is 14.9. The molecule has 0 saturated heterocycles. The predicted molar refractivity (Wildman–Crippen MR) is 138 cm³/mol. The molecule has 9 heteroatoms. The van der Waals surface area contributed by atoms with Crippen LogP contribution < -0.4 is 13.2 Å². The topological polar surface area (TPSA) is 65.1 Å². The molecule has 0 aliphatic carbocycles. The first kappa shape index (κ1) is 24.5. The third kappa shape index (κ3) is 5.19. The van der Waals surface area contributed by atoms with Crippen LogP contribution in [0.5, 0.6) is 5.75 Å². The normalized spacial score (nSPS) is 17.7. The number of anilines is 1. The van der Waals surface area contributed by atoms with Gasteiger partial charge in [0.1, 0.15) is 0 Å². The average Bonchev–Trinajstić information content (AvgIpc) is 2.84. The van der Waals surface area contributed by atoms with Crippen LogP contribution in [0.1, 0.15) is 42.0 Å². The summed E-state index contributed by atoms with van der Waals surface area (Å²) in [6, 6.07) is 9.74. The third-order valence-electron chi connectivity index (χ3n) is 6.39. The summed E-state index contributed by atoms with van der Waals surface area (Å²) in [6.45, 7) is 4.56. The van der Waals surface area contributed by atoms with Gasteiger partial charge in [0.05, 0.1) is 0 Å². The van der Waals surface area contributed by atoms with Gasteiger partial charge in [-0.1, -0.05) is 0 Å². The van der Waals surface area contributed by atoms with Gasteiger partial charge in [-0.2, -0.15) is 0 Å². The van der Waals surface area contributed by atoms with E-state index >= 15 is 0 Å². The Morgan fingerprint density at radius 3 is 2.43 bits per heavy atom. The van der Waals surface area contributed by atoms with Crippen LogP contribution in [0.15, 0.2) is 42.5 Å². The summed E-state index contributed by atoms with van der Waals surface area (Å²) in [5.41, 5.74) is 5.89. The molecule has 0 N–H and O–H groups in total. The van der Waals surface area contributed by atoms with E-state index in [1.807, 2.05) is 19.1 Å². The number of nitrogens with zero attached hydrogens (tertiary/aromatic N) is 1. The van der Waals surface area contributed by atoms with Gasteiger partial charge in [0.15, 0.2) is 0 Å². The Morgan fingerprint density at radius 1 is 1.09 bits per heavy atom. The first-order valence-electron chi connectivity index (χ1n) is 11.7. The molecule has 6 nitrogen and oxygen atoms in total. The van der Waals surface area contributed by atoms with Gasteiger partial charge in [-0.15, -0.1) is 0 Å². The van der Waals surface area contributed by atoms with E-state index in [2.05, 4.69) is 17.0 Å². The molecule has 0 unspecified atom stereocenters. The fourth-order valence-corrected chi connectivity index (χ4v) is 11.6. The molecule has 35 heavy (non-hydrogen) atoms. The molecule has 0 saturated carbocycles. The molecule has 0 aromatic heterocycles. The summed E-state index contributed by atoms with van der Waals surface area (Å²) < 4.78 is 54.6. The van der Waals surface area contributed by atoms with Crippen molar-refractivity contribution >= 4 is 54.7 Å². The second kappa shape index (κ2) is 10.1. The van der Waals surface area contributed by atoms with Gasteiger partial charge in [-0.25, -0.2) is 0 Å². The van der Waals surface area contributed by atoms with E-state index in [9.17, 15) is 12.3 Å². The van der Waals surface area contributed by atoms with Gasteiger partial charge in [-0.05, 0) is 0 Å². The summed E-state index contributed by atoms with van der Waals surface area (Å²) in [5, 5.41) is 0. The van der Waals surface area contributed by atoms with E-state index in [1.54, 1.807) is 24.3 Å². The van der Waals surface area contributed by atoms with Crippen LogP contribution in [-0.2, 0) is 30.6 Å². The molecule has 3 aliphatic rings. The van der Waals surface area contributed by atoms with Crippen molar-refractivity contribution in [1.82, 2.24) is 0 Å². The number of halogens is 1. The fraction of sp³-hybridized carbons (Fsp3) is 0.346. The zero-order valence-electron chi connectivity index (χ0n) is 19.8. The fourth-order valence-electron chi connectivity index (χ4n) is 5.02. The minimum absolute atomic E-state index is 0.441. The predicted octanol–water partition coefficient (Wildman–Crippen LogP) is 3.68. The van der Waals surface area contributed by atoms with E-state index in [0.717, 1.165) is 44.3 Å². The zero-order valence-corrected chi connectivity index (χ0v) is 22.9. The number of fused-ring (bicyclic) bond motifs is 1. The van der Waals surface area contributed by atoms with Crippen molar-refractivity contribution in [2.45, 2.75) is 32.6 Å². The number of ether oxygens (including phenoxy) is 2. The third-order valence-corrected chi connectivity index (χ3v) is 13.3. The number of hydrogen-bond acceptors (Lipinski definition) is 6. The Bertz CT molecular complexity index is 1330. The summed E-state index contributed by atoms with van der Waals surface area (Å²) in [5.74, 6) is 1.16. The Morgan fingerprint density at radius 2 is 1.80 bits per heavy atom. The van der Waals surface area contributed by atoms with E-state index in [4.69, 9.17) is 12.0 Å². The molecule has 0 amide bonds.